The summed E-state index contributed by atoms with van der Waals surface area (Å²) >= 11 is 0. The molecule has 1 heterocycles. The molecule has 0 bridgehead atoms. The van der Waals surface area contributed by atoms with Gasteiger partial charge >= 0.3 is 0 Å². The molecule has 0 aliphatic rings. The summed E-state index contributed by atoms with van der Waals surface area (Å²) in [5, 5.41) is 0. The molecule has 0 atom stereocenters. The van der Waals surface area contributed by atoms with Crippen LogP contribution in [0.5, 0.6) is 0 Å². The van der Waals surface area contributed by atoms with Crippen LogP contribution >= 0.6 is 0 Å². The van der Waals surface area contributed by atoms with E-state index in [0.29, 0.717) is 12.6 Å². The summed E-state index contributed by atoms with van der Waals surface area (Å²) in [4.78, 5) is 6.07. The third kappa shape index (κ3) is 1.76. The van der Waals surface area contributed by atoms with E-state index in [-0.39, 0.29) is 0 Å². The van der Waals surface area contributed by atoms with Gasteiger partial charge in [-0.15, -0.1) is 0 Å². The lowest BCUT2D eigenvalue weighted by atomic mass is 10.3. The van der Waals surface area contributed by atoms with Gasteiger partial charge in [-0.25, -0.2) is 0 Å². The first-order chi connectivity index (χ1) is 5.65. The fourth-order valence-electron chi connectivity index (χ4n) is 0.967. The molecule has 1 aromatic rings. The monoisotopic (exact) mass is 169 g/mol. The Labute approximate surface area is 72.4 Å². The fourth-order valence-corrected chi connectivity index (χ4v) is 0.967. The summed E-state index contributed by atoms with van der Waals surface area (Å²) in [7, 11) is 3.80. The van der Waals surface area contributed by atoms with E-state index >= 15 is 0 Å². The molecular formula is C8H15N3O. The normalized spacial score (nSPS) is 10.3. The molecule has 0 aliphatic heterocycles. The smallest absolute Gasteiger partial charge is 0.297 e. The highest BCUT2D eigenvalue weighted by Gasteiger charge is 2.09. The van der Waals surface area contributed by atoms with Gasteiger partial charge < -0.3 is 15.1 Å². The lowest BCUT2D eigenvalue weighted by Crippen LogP contribution is -2.08. The van der Waals surface area contributed by atoms with Gasteiger partial charge in [0.15, 0.2) is 0 Å². The number of aromatic nitrogens is 1. The largest absolute Gasteiger partial charge is 0.428 e. The Kier molecular flexibility index (Phi) is 2.70. The van der Waals surface area contributed by atoms with Crippen LogP contribution in [0.2, 0.25) is 0 Å². The molecule has 12 heavy (non-hydrogen) atoms. The molecule has 68 valence electrons. The quantitative estimate of drug-likeness (QED) is 0.718. The average molecular weight is 169 g/mol. The molecule has 0 radical (unpaired) electrons. The number of rotatable bonds is 3. The predicted molar refractivity (Wildman–Crippen MR) is 48.3 cm³/mol. The van der Waals surface area contributed by atoms with Crippen LogP contribution in [0.25, 0.3) is 0 Å². The Morgan fingerprint density at radius 3 is 2.58 bits per heavy atom. The topological polar surface area (TPSA) is 55.3 Å². The minimum absolute atomic E-state index is 0.600. The zero-order valence-corrected chi connectivity index (χ0v) is 7.79. The van der Waals surface area contributed by atoms with Crippen molar-refractivity contribution in [3.05, 3.63) is 11.5 Å². The summed E-state index contributed by atoms with van der Waals surface area (Å²) in [6.07, 6.45) is 0.757. The predicted octanol–water partition coefficient (Wildman–Crippen LogP) is 0.550. The second kappa shape index (κ2) is 3.58. The molecular weight excluding hydrogens is 154 g/mol. The van der Waals surface area contributed by atoms with Crippen molar-refractivity contribution in [3.8, 4) is 0 Å². The summed E-state index contributed by atoms with van der Waals surface area (Å²) in [5.41, 5.74) is 6.35. The number of anilines is 1. The number of hydrogen-bond donors (Lipinski definition) is 1. The number of oxazole rings is 1. The maximum atomic E-state index is 5.45. The van der Waals surface area contributed by atoms with Gasteiger partial charge in [0.1, 0.15) is 5.76 Å². The van der Waals surface area contributed by atoms with Gasteiger partial charge in [-0.3, -0.25) is 0 Å². The van der Waals surface area contributed by atoms with Gasteiger partial charge in [-0.05, 0) is 13.5 Å². The van der Waals surface area contributed by atoms with Crippen molar-refractivity contribution < 1.29 is 4.42 Å². The molecule has 4 heteroatoms. The van der Waals surface area contributed by atoms with Crippen LogP contribution in [0, 0.1) is 6.92 Å². The van der Waals surface area contributed by atoms with Crippen LogP contribution in [-0.4, -0.2) is 25.6 Å². The van der Waals surface area contributed by atoms with E-state index < -0.39 is 0 Å². The van der Waals surface area contributed by atoms with E-state index in [0.717, 1.165) is 17.9 Å². The first kappa shape index (κ1) is 9.06. The SMILES string of the molecule is Cc1nc(N(C)C)oc1CCN. The molecule has 0 saturated heterocycles. The maximum Gasteiger partial charge on any atom is 0.297 e. The molecule has 1 aromatic heterocycles. The van der Waals surface area contributed by atoms with Gasteiger partial charge in [0, 0.05) is 20.5 Å². The summed E-state index contributed by atoms with van der Waals surface area (Å²) in [5.74, 6) is 0.890. The Bertz CT molecular complexity index is 255. The number of nitrogens with zero attached hydrogens (tertiary/aromatic N) is 2. The fraction of sp³-hybridized carbons (Fsp3) is 0.625. The van der Waals surface area contributed by atoms with Gasteiger partial charge in [-0.1, -0.05) is 0 Å². The lowest BCUT2D eigenvalue weighted by molar-refractivity contribution is 0.504. The molecule has 0 spiro atoms. The van der Waals surface area contributed by atoms with Gasteiger partial charge in [0.2, 0.25) is 0 Å². The van der Waals surface area contributed by atoms with Crippen molar-refractivity contribution in [2.75, 3.05) is 25.5 Å². The van der Waals surface area contributed by atoms with Crippen molar-refractivity contribution in [1.29, 1.82) is 0 Å². The van der Waals surface area contributed by atoms with Crippen LogP contribution in [0.4, 0.5) is 6.01 Å². The molecule has 0 fully saturated rings. The molecule has 4 nitrogen and oxygen atoms in total. The molecule has 0 aliphatic carbocycles. The van der Waals surface area contributed by atoms with E-state index in [1.807, 2.05) is 25.9 Å². The highest BCUT2D eigenvalue weighted by Crippen LogP contribution is 2.16. The van der Waals surface area contributed by atoms with Crippen molar-refractivity contribution >= 4 is 6.01 Å². The summed E-state index contributed by atoms with van der Waals surface area (Å²) in [6, 6.07) is 0.649. The first-order valence-corrected chi connectivity index (χ1v) is 3.99. The van der Waals surface area contributed by atoms with E-state index in [1.165, 1.54) is 0 Å². The van der Waals surface area contributed by atoms with Crippen molar-refractivity contribution in [2.24, 2.45) is 5.73 Å². The van der Waals surface area contributed by atoms with E-state index in [2.05, 4.69) is 4.98 Å². The molecule has 0 saturated carbocycles. The van der Waals surface area contributed by atoms with Crippen molar-refractivity contribution in [3.63, 3.8) is 0 Å². The highest BCUT2D eigenvalue weighted by atomic mass is 16.4. The van der Waals surface area contributed by atoms with Crippen LogP contribution in [-0.2, 0) is 6.42 Å². The van der Waals surface area contributed by atoms with Gasteiger partial charge in [0.25, 0.3) is 6.01 Å². The minimum atomic E-state index is 0.600. The van der Waals surface area contributed by atoms with Crippen LogP contribution in [0.15, 0.2) is 4.42 Å². The molecule has 0 aromatic carbocycles. The zero-order chi connectivity index (χ0) is 9.14. The Balaban J connectivity index is 2.85. The standard InChI is InChI=1S/C8H15N3O/c1-6-7(4-5-9)12-8(10-6)11(2)3/h4-5,9H2,1-3H3. The van der Waals surface area contributed by atoms with Gasteiger partial charge in [-0.2, -0.15) is 4.98 Å². The third-order valence-electron chi connectivity index (χ3n) is 1.64. The Morgan fingerprint density at radius 1 is 1.50 bits per heavy atom. The number of hydrogen-bond acceptors (Lipinski definition) is 4. The van der Waals surface area contributed by atoms with Crippen LogP contribution < -0.4 is 10.6 Å². The Hall–Kier alpha value is -1.03. The molecule has 0 unspecified atom stereocenters. The van der Waals surface area contributed by atoms with Crippen LogP contribution in [0.1, 0.15) is 11.5 Å². The number of nitrogens with two attached hydrogens (primary N) is 1. The van der Waals surface area contributed by atoms with E-state index in [4.69, 9.17) is 10.2 Å². The molecule has 1 rings (SSSR count). The molecule has 0 amide bonds. The first-order valence-electron chi connectivity index (χ1n) is 3.99. The lowest BCUT2D eigenvalue weighted by Gasteiger charge is -2.03. The van der Waals surface area contributed by atoms with E-state index in [9.17, 15) is 0 Å². The molecule has 2 N–H and O–H groups in total. The van der Waals surface area contributed by atoms with Gasteiger partial charge in [0.05, 0.1) is 5.69 Å². The van der Waals surface area contributed by atoms with Crippen molar-refractivity contribution in [1.82, 2.24) is 4.98 Å². The summed E-state index contributed by atoms with van der Waals surface area (Å²) < 4.78 is 5.45. The number of aryl methyl sites for hydroxylation is 1. The highest BCUT2D eigenvalue weighted by molar-refractivity contribution is 5.26. The maximum absolute atomic E-state index is 5.45. The van der Waals surface area contributed by atoms with Crippen LogP contribution in [0.3, 0.4) is 0 Å². The second-order valence-corrected chi connectivity index (χ2v) is 2.94. The average Bonchev–Trinajstić information content (AvgIpc) is 2.34. The van der Waals surface area contributed by atoms with E-state index in [1.54, 1.807) is 0 Å². The second-order valence-electron chi connectivity index (χ2n) is 2.94. The Morgan fingerprint density at radius 2 is 2.17 bits per heavy atom. The minimum Gasteiger partial charge on any atom is -0.428 e. The summed E-state index contributed by atoms with van der Waals surface area (Å²) in [6.45, 7) is 2.53. The van der Waals surface area contributed by atoms with Crippen molar-refractivity contribution in [2.45, 2.75) is 13.3 Å². The third-order valence-corrected chi connectivity index (χ3v) is 1.64. The zero-order valence-electron chi connectivity index (χ0n) is 7.79.